The maximum Gasteiger partial charge on any atom is 0.348 e. The Labute approximate surface area is 88.5 Å². The van der Waals surface area contributed by atoms with E-state index in [0.29, 0.717) is 9.71 Å². The summed E-state index contributed by atoms with van der Waals surface area (Å²) >= 11 is 6.84. The zero-order chi connectivity index (χ0) is 10.1. The van der Waals surface area contributed by atoms with Crippen LogP contribution in [-0.2, 0) is 4.74 Å². The average molecular weight is 229 g/mol. The minimum absolute atomic E-state index is 0.177. The van der Waals surface area contributed by atoms with E-state index in [4.69, 9.17) is 11.6 Å². The zero-order valence-electron chi connectivity index (χ0n) is 7.15. The van der Waals surface area contributed by atoms with Crippen LogP contribution < -0.4 is 0 Å². The molecule has 0 bridgehead atoms. The summed E-state index contributed by atoms with van der Waals surface area (Å²) in [6, 6.07) is 1.68. The molecule has 0 fully saturated rings. The number of aromatic nitrogens is 2. The number of hydrogen-bond donors (Lipinski definition) is 0. The van der Waals surface area contributed by atoms with E-state index in [9.17, 15) is 4.79 Å². The molecule has 0 aromatic carbocycles. The van der Waals surface area contributed by atoms with Gasteiger partial charge in [0.05, 0.1) is 7.11 Å². The van der Waals surface area contributed by atoms with Gasteiger partial charge in [0.15, 0.2) is 0 Å². The molecule has 0 aliphatic rings. The fraction of sp³-hybridized carbons (Fsp3) is 0.125. The SMILES string of the molecule is COC(=O)c1cc2cnc(Cl)nc2s1. The quantitative estimate of drug-likeness (QED) is 0.554. The standard InChI is InChI=1S/C8H5ClN2O2S/c1-13-7(12)5-2-4-3-10-8(9)11-6(4)14-5/h2-3H,1H3. The Bertz CT molecular complexity index is 497. The molecule has 0 saturated heterocycles. The number of nitrogens with zero attached hydrogens (tertiary/aromatic N) is 2. The highest BCUT2D eigenvalue weighted by Gasteiger charge is 2.11. The third-order valence-corrected chi connectivity index (χ3v) is 2.84. The molecular formula is C8H5ClN2O2S. The minimum atomic E-state index is -0.371. The molecule has 4 nitrogen and oxygen atoms in total. The number of hydrogen-bond acceptors (Lipinski definition) is 5. The molecule has 0 amide bonds. The summed E-state index contributed by atoms with van der Waals surface area (Å²) in [7, 11) is 1.34. The van der Waals surface area contributed by atoms with Crippen LogP contribution in [0.3, 0.4) is 0 Å². The second-order valence-corrected chi connectivity index (χ2v) is 3.87. The number of halogens is 1. The van der Waals surface area contributed by atoms with Crippen molar-refractivity contribution in [2.45, 2.75) is 0 Å². The summed E-state index contributed by atoms with van der Waals surface area (Å²) in [6.07, 6.45) is 1.58. The third kappa shape index (κ3) is 1.56. The Balaban J connectivity index is 2.56. The Hall–Kier alpha value is -1.20. The lowest BCUT2D eigenvalue weighted by molar-refractivity contribution is 0.0606. The van der Waals surface area contributed by atoms with Gasteiger partial charge in [0, 0.05) is 11.6 Å². The van der Waals surface area contributed by atoms with Crippen LogP contribution in [0.4, 0.5) is 0 Å². The van der Waals surface area contributed by atoms with Crippen LogP contribution >= 0.6 is 22.9 Å². The number of thiophene rings is 1. The highest BCUT2D eigenvalue weighted by atomic mass is 35.5. The lowest BCUT2D eigenvalue weighted by atomic mass is 10.4. The first-order valence-electron chi connectivity index (χ1n) is 3.71. The molecular weight excluding hydrogens is 224 g/mol. The van der Waals surface area contributed by atoms with Gasteiger partial charge in [0.25, 0.3) is 0 Å². The van der Waals surface area contributed by atoms with E-state index >= 15 is 0 Å². The Kier molecular flexibility index (Phi) is 2.35. The van der Waals surface area contributed by atoms with Crippen molar-refractivity contribution in [2.24, 2.45) is 0 Å². The van der Waals surface area contributed by atoms with Crippen molar-refractivity contribution in [3.8, 4) is 0 Å². The third-order valence-electron chi connectivity index (χ3n) is 1.63. The van der Waals surface area contributed by atoms with Gasteiger partial charge in [-0.15, -0.1) is 11.3 Å². The molecule has 0 atom stereocenters. The Morgan fingerprint density at radius 2 is 2.43 bits per heavy atom. The second kappa shape index (κ2) is 3.51. The van der Waals surface area contributed by atoms with Crippen LogP contribution in [-0.4, -0.2) is 23.0 Å². The van der Waals surface area contributed by atoms with Crippen molar-refractivity contribution in [3.63, 3.8) is 0 Å². The molecule has 2 aromatic rings. The van der Waals surface area contributed by atoms with Crippen LogP contribution in [0.15, 0.2) is 12.3 Å². The zero-order valence-corrected chi connectivity index (χ0v) is 8.72. The van der Waals surface area contributed by atoms with Gasteiger partial charge in [-0.3, -0.25) is 0 Å². The lowest BCUT2D eigenvalue weighted by Crippen LogP contribution is -1.96. The van der Waals surface area contributed by atoms with Crippen LogP contribution in [0.2, 0.25) is 5.28 Å². The number of rotatable bonds is 1. The molecule has 0 aliphatic heterocycles. The van der Waals surface area contributed by atoms with E-state index in [1.165, 1.54) is 18.4 Å². The van der Waals surface area contributed by atoms with Crippen LogP contribution in [0.25, 0.3) is 10.2 Å². The molecule has 72 valence electrons. The second-order valence-electron chi connectivity index (χ2n) is 2.50. The molecule has 0 aliphatic carbocycles. The van der Waals surface area contributed by atoms with Gasteiger partial charge < -0.3 is 4.74 Å². The number of methoxy groups -OCH3 is 1. The molecule has 0 spiro atoms. The van der Waals surface area contributed by atoms with Crippen LogP contribution in [0.5, 0.6) is 0 Å². The number of carbonyl (C=O) groups is 1. The summed E-state index contributed by atoms with van der Waals surface area (Å²) in [4.78, 5) is 20.2. The predicted molar refractivity (Wildman–Crippen MR) is 53.8 cm³/mol. The average Bonchev–Trinajstić information content (AvgIpc) is 2.59. The number of ether oxygens (including phenoxy) is 1. The molecule has 6 heteroatoms. The molecule has 0 radical (unpaired) electrons. The number of carbonyl (C=O) groups excluding carboxylic acids is 1. The Morgan fingerprint density at radius 1 is 1.64 bits per heavy atom. The monoisotopic (exact) mass is 228 g/mol. The van der Waals surface area contributed by atoms with Gasteiger partial charge in [0.2, 0.25) is 5.28 Å². The predicted octanol–water partition coefficient (Wildman–Crippen LogP) is 2.13. The van der Waals surface area contributed by atoms with Gasteiger partial charge >= 0.3 is 5.97 Å². The Morgan fingerprint density at radius 3 is 3.14 bits per heavy atom. The van der Waals surface area contributed by atoms with Gasteiger partial charge in [0.1, 0.15) is 9.71 Å². The summed E-state index contributed by atoms with van der Waals surface area (Å²) < 4.78 is 4.59. The largest absolute Gasteiger partial charge is 0.465 e. The van der Waals surface area contributed by atoms with Crippen molar-refractivity contribution in [1.82, 2.24) is 9.97 Å². The molecule has 14 heavy (non-hydrogen) atoms. The molecule has 2 aromatic heterocycles. The highest BCUT2D eigenvalue weighted by molar-refractivity contribution is 7.20. The van der Waals surface area contributed by atoms with E-state index in [0.717, 1.165) is 5.39 Å². The first-order chi connectivity index (χ1) is 6.70. The first-order valence-corrected chi connectivity index (χ1v) is 4.90. The van der Waals surface area contributed by atoms with E-state index in [1.807, 2.05) is 0 Å². The van der Waals surface area contributed by atoms with Gasteiger partial charge in [-0.05, 0) is 17.7 Å². The van der Waals surface area contributed by atoms with Crippen molar-refractivity contribution in [2.75, 3.05) is 7.11 Å². The molecule has 0 N–H and O–H groups in total. The highest BCUT2D eigenvalue weighted by Crippen LogP contribution is 2.24. The summed E-state index contributed by atoms with van der Waals surface area (Å²) in [5, 5.41) is 0.968. The van der Waals surface area contributed by atoms with Gasteiger partial charge in [-0.2, -0.15) is 0 Å². The van der Waals surface area contributed by atoms with Crippen molar-refractivity contribution in [3.05, 3.63) is 22.4 Å². The number of fused-ring (bicyclic) bond motifs is 1. The van der Waals surface area contributed by atoms with Crippen LogP contribution in [0, 0.1) is 0 Å². The van der Waals surface area contributed by atoms with E-state index in [2.05, 4.69) is 14.7 Å². The molecule has 0 saturated carbocycles. The number of esters is 1. The van der Waals surface area contributed by atoms with Crippen molar-refractivity contribution >= 4 is 39.1 Å². The summed E-state index contributed by atoms with van der Waals surface area (Å²) in [6.45, 7) is 0. The van der Waals surface area contributed by atoms with Crippen molar-refractivity contribution in [1.29, 1.82) is 0 Å². The van der Waals surface area contributed by atoms with E-state index < -0.39 is 0 Å². The lowest BCUT2D eigenvalue weighted by Gasteiger charge is -1.90. The fourth-order valence-corrected chi connectivity index (χ4v) is 2.12. The van der Waals surface area contributed by atoms with Crippen LogP contribution in [0.1, 0.15) is 9.67 Å². The maximum absolute atomic E-state index is 11.2. The van der Waals surface area contributed by atoms with E-state index in [-0.39, 0.29) is 11.3 Å². The molecule has 0 unspecified atom stereocenters. The first kappa shape index (κ1) is 9.36. The van der Waals surface area contributed by atoms with Gasteiger partial charge in [-0.25, -0.2) is 14.8 Å². The topological polar surface area (TPSA) is 52.1 Å². The smallest absolute Gasteiger partial charge is 0.348 e. The summed E-state index contributed by atoms with van der Waals surface area (Å²) in [5.41, 5.74) is 0. The molecule has 2 rings (SSSR count). The molecule has 2 heterocycles. The minimum Gasteiger partial charge on any atom is -0.465 e. The summed E-state index contributed by atoms with van der Waals surface area (Å²) in [5.74, 6) is -0.371. The van der Waals surface area contributed by atoms with E-state index in [1.54, 1.807) is 12.3 Å². The van der Waals surface area contributed by atoms with Crippen molar-refractivity contribution < 1.29 is 9.53 Å². The van der Waals surface area contributed by atoms with Gasteiger partial charge in [-0.1, -0.05) is 0 Å². The normalized spacial score (nSPS) is 10.4. The maximum atomic E-state index is 11.2. The fourth-order valence-electron chi connectivity index (χ4n) is 1.01.